The number of hydrogen-bond acceptors (Lipinski definition) is 3. The number of aliphatic imine (C=N–C) groups is 1. The van der Waals surface area contributed by atoms with Gasteiger partial charge in [-0.05, 0) is 49.6 Å². The molecule has 1 aliphatic rings. The third-order valence-corrected chi connectivity index (χ3v) is 5.52. The van der Waals surface area contributed by atoms with Crippen molar-refractivity contribution < 1.29 is 4.79 Å². The summed E-state index contributed by atoms with van der Waals surface area (Å²) in [6.45, 7) is 2.68. The van der Waals surface area contributed by atoms with Gasteiger partial charge in [-0.25, -0.2) is 0 Å². The number of rotatable bonds is 7. The Balaban J connectivity index is 1.84. The predicted octanol–water partition coefficient (Wildman–Crippen LogP) is 3.37. The molecule has 1 saturated carbocycles. The molecule has 0 heterocycles. The molecule has 0 aliphatic heterocycles. The maximum absolute atomic E-state index is 11.7. The zero-order valence-corrected chi connectivity index (χ0v) is 16.3. The minimum atomic E-state index is 0.0645. The average molecular weight is 363 g/mol. The Morgan fingerprint density at radius 2 is 2.20 bits per heavy atom. The van der Waals surface area contributed by atoms with Gasteiger partial charge in [-0.1, -0.05) is 19.1 Å². The van der Waals surface area contributed by atoms with Gasteiger partial charge in [0.25, 0.3) is 0 Å². The van der Waals surface area contributed by atoms with Crippen molar-refractivity contribution in [3.63, 3.8) is 0 Å². The quantitative estimate of drug-likeness (QED) is 0.514. The number of carbonyl (C=O) groups excluding carboxylic acids is 1. The van der Waals surface area contributed by atoms with Gasteiger partial charge < -0.3 is 16.0 Å². The molecule has 0 spiro atoms. The molecule has 0 aromatic heterocycles. The second kappa shape index (κ2) is 10.3. The molecule has 2 atom stereocenters. The van der Waals surface area contributed by atoms with E-state index in [4.69, 9.17) is 0 Å². The third kappa shape index (κ3) is 6.61. The summed E-state index contributed by atoms with van der Waals surface area (Å²) in [4.78, 5) is 16.1. The van der Waals surface area contributed by atoms with E-state index in [-0.39, 0.29) is 5.91 Å². The molecular formula is C19H30N4OS. The van der Waals surface area contributed by atoms with E-state index in [2.05, 4.69) is 33.3 Å². The maximum atomic E-state index is 11.7. The SMILES string of the molecule is CCCC(=O)Nc1cccc(CNC(=NC)NC2CCC(SC)C2)c1. The second-order valence-corrected chi connectivity index (χ2v) is 7.57. The fraction of sp³-hybridized carbons (Fsp3) is 0.579. The molecule has 1 aliphatic carbocycles. The van der Waals surface area contributed by atoms with Gasteiger partial charge in [0.2, 0.25) is 5.91 Å². The Morgan fingerprint density at radius 3 is 2.88 bits per heavy atom. The van der Waals surface area contributed by atoms with Gasteiger partial charge in [-0.3, -0.25) is 9.79 Å². The number of amides is 1. The van der Waals surface area contributed by atoms with Gasteiger partial charge in [0.15, 0.2) is 5.96 Å². The lowest BCUT2D eigenvalue weighted by atomic mass is 10.2. The fourth-order valence-corrected chi connectivity index (χ4v) is 3.87. The van der Waals surface area contributed by atoms with Gasteiger partial charge >= 0.3 is 0 Å². The third-order valence-electron chi connectivity index (χ3n) is 4.43. The number of nitrogens with zero attached hydrogens (tertiary/aromatic N) is 1. The van der Waals surface area contributed by atoms with E-state index >= 15 is 0 Å². The minimum Gasteiger partial charge on any atom is -0.354 e. The van der Waals surface area contributed by atoms with Gasteiger partial charge in [0.1, 0.15) is 0 Å². The van der Waals surface area contributed by atoms with Crippen molar-refractivity contribution in [2.45, 2.75) is 56.9 Å². The largest absolute Gasteiger partial charge is 0.354 e. The topological polar surface area (TPSA) is 65.5 Å². The van der Waals surface area contributed by atoms with Crippen LogP contribution in [0.5, 0.6) is 0 Å². The molecule has 138 valence electrons. The molecule has 2 unspecified atom stereocenters. The summed E-state index contributed by atoms with van der Waals surface area (Å²) < 4.78 is 0. The lowest BCUT2D eigenvalue weighted by Gasteiger charge is -2.17. The zero-order valence-electron chi connectivity index (χ0n) is 15.5. The first-order valence-corrected chi connectivity index (χ1v) is 10.3. The van der Waals surface area contributed by atoms with Gasteiger partial charge in [0.05, 0.1) is 0 Å². The first-order chi connectivity index (χ1) is 12.1. The molecular weight excluding hydrogens is 332 g/mol. The number of hydrogen-bond donors (Lipinski definition) is 3. The van der Waals surface area contributed by atoms with Crippen LogP contribution in [-0.4, -0.2) is 36.5 Å². The molecule has 2 rings (SSSR count). The molecule has 6 heteroatoms. The molecule has 5 nitrogen and oxygen atoms in total. The Labute approximate surface area is 155 Å². The summed E-state index contributed by atoms with van der Waals surface area (Å²) in [5.74, 6) is 0.904. The number of nitrogens with one attached hydrogen (secondary N) is 3. The maximum Gasteiger partial charge on any atom is 0.224 e. The molecule has 0 saturated heterocycles. The van der Waals surface area contributed by atoms with Crippen molar-refractivity contribution in [1.82, 2.24) is 10.6 Å². The normalized spacial score (nSPS) is 20.4. The summed E-state index contributed by atoms with van der Waals surface area (Å²) in [6, 6.07) is 8.45. The Morgan fingerprint density at radius 1 is 1.36 bits per heavy atom. The van der Waals surface area contributed by atoms with Gasteiger partial charge in [0, 0.05) is 37.0 Å². The highest BCUT2D eigenvalue weighted by molar-refractivity contribution is 7.99. The zero-order chi connectivity index (χ0) is 18.1. The molecule has 3 N–H and O–H groups in total. The highest BCUT2D eigenvalue weighted by Crippen LogP contribution is 2.28. The van der Waals surface area contributed by atoms with E-state index in [1.165, 1.54) is 19.3 Å². The summed E-state index contributed by atoms with van der Waals surface area (Å²) in [7, 11) is 1.80. The smallest absolute Gasteiger partial charge is 0.224 e. The number of guanidine groups is 1. The molecule has 0 radical (unpaired) electrons. The van der Waals surface area contributed by atoms with Crippen LogP contribution in [0, 0.1) is 0 Å². The van der Waals surface area contributed by atoms with Crippen LogP contribution in [0.3, 0.4) is 0 Å². The first kappa shape index (κ1) is 19.6. The van der Waals surface area contributed by atoms with Crippen LogP contribution in [0.15, 0.2) is 29.3 Å². The van der Waals surface area contributed by atoms with E-state index in [1.807, 2.05) is 36.9 Å². The van der Waals surface area contributed by atoms with Crippen LogP contribution in [-0.2, 0) is 11.3 Å². The standard InChI is InChI=1S/C19H30N4OS/c1-4-6-18(24)22-15-8-5-7-14(11-15)13-21-19(20-2)23-16-9-10-17(12-16)25-3/h5,7-8,11,16-17H,4,6,9-10,12-13H2,1-3H3,(H,22,24)(H2,20,21,23). The monoisotopic (exact) mass is 362 g/mol. The van der Waals surface area contributed by atoms with Crippen molar-refractivity contribution in [2.24, 2.45) is 4.99 Å². The first-order valence-electron chi connectivity index (χ1n) is 9.03. The fourth-order valence-electron chi connectivity index (χ4n) is 3.07. The number of benzene rings is 1. The predicted molar refractivity (Wildman–Crippen MR) is 108 cm³/mol. The van der Waals surface area contributed by atoms with Crippen molar-refractivity contribution in [2.75, 3.05) is 18.6 Å². The van der Waals surface area contributed by atoms with E-state index in [1.54, 1.807) is 7.05 Å². The number of carbonyl (C=O) groups is 1. The van der Waals surface area contributed by atoms with E-state index in [0.29, 0.717) is 19.0 Å². The number of thioether (sulfide) groups is 1. The van der Waals surface area contributed by atoms with Crippen molar-refractivity contribution >= 4 is 29.3 Å². The minimum absolute atomic E-state index is 0.0645. The lowest BCUT2D eigenvalue weighted by Crippen LogP contribution is -2.42. The molecule has 25 heavy (non-hydrogen) atoms. The van der Waals surface area contributed by atoms with Crippen LogP contribution in [0.2, 0.25) is 0 Å². The summed E-state index contributed by atoms with van der Waals surface area (Å²) >= 11 is 1.96. The van der Waals surface area contributed by atoms with Crippen LogP contribution >= 0.6 is 11.8 Å². The van der Waals surface area contributed by atoms with Crippen molar-refractivity contribution in [1.29, 1.82) is 0 Å². The Kier molecular flexibility index (Phi) is 8.12. The average Bonchev–Trinajstić information content (AvgIpc) is 3.06. The molecule has 1 fully saturated rings. The highest BCUT2D eigenvalue weighted by atomic mass is 32.2. The van der Waals surface area contributed by atoms with E-state index < -0.39 is 0 Å². The highest BCUT2D eigenvalue weighted by Gasteiger charge is 2.24. The van der Waals surface area contributed by atoms with Crippen LogP contribution in [0.1, 0.15) is 44.6 Å². The molecule has 0 bridgehead atoms. The van der Waals surface area contributed by atoms with Crippen molar-refractivity contribution in [3.05, 3.63) is 29.8 Å². The second-order valence-electron chi connectivity index (χ2n) is 6.44. The summed E-state index contributed by atoms with van der Waals surface area (Å²) in [5.41, 5.74) is 1.96. The molecule has 1 aromatic rings. The van der Waals surface area contributed by atoms with Crippen LogP contribution in [0.4, 0.5) is 5.69 Å². The van der Waals surface area contributed by atoms with Gasteiger partial charge in [-0.2, -0.15) is 11.8 Å². The molecule has 1 amide bonds. The Bertz CT molecular complexity index is 591. The number of anilines is 1. The van der Waals surface area contributed by atoms with Gasteiger partial charge in [-0.15, -0.1) is 0 Å². The van der Waals surface area contributed by atoms with Crippen LogP contribution in [0.25, 0.3) is 0 Å². The summed E-state index contributed by atoms with van der Waals surface area (Å²) in [5, 5.41) is 10.6. The van der Waals surface area contributed by atoms with Crippen LogP contribution < -0.4 is 16.0 Å². The van der Waals surface area contributed by atoms with E-state index in [0.717, 1.165) is 28.9 Å². The van der Waals surface area contributed by atoms with Crippen molar-refractivity contribution in [3.8, 4) is 0 Å². The lowest BCUT2D eigenvalue weighted by molar-refractivity contribution is -0.116. The molecule has 1 aromatic carbocycles. The summed E-state index contributed by atoms with van der Waals surface area (Å²) in [6.07, 6.45) is 7.26. The van der Waals surface area contributed by atoms with E-state index in [9.17, 15) is 4.79 Å². The Hall–Kier alpha value is -1.69.